The van der Waals surface area contributed by atoms with Crippen molar-refractivity contribution in [2.45, 2.75) is 10.6 Å². The zero-order valence-corrected chi connectivity index (χ0v) is 10.6. The third-order valence-corrected chi connectivity index (χ3v) is 4.32. The molecule has 0 saturated heterocycles. The van der Waals surface area contributed by atoms with Gasteiger partial charge >= 0.3 is 0 Å². The monoisotopic (exact) mass is 250 g/mol. The largest absolute Gasteiger partial charge is 0.468 e. The van der Waals surface area contributed by atoms with E-state index in [1.807, 2.05) is 35.7 Å². The van der Waals surface area contributed by atoms with Gasteiger partial charge in [0.15, 0.2) is 0 Å². The normalized spacial score (nSPS) is 10.5. The van der Waals surface area contributed by atoms with E-state index >= 15 is 0 Å². The fourth-order valence-electron chi connectivity index (χ4n) is 1.30. The lowest BCUT2D eigenvalue weighted by atomic mass is 10.4. The first-order chi connectivity index (χ1) is 7.95. The van der Waals surface area contributed by atoms with Gasteiger partial charge in [0.2, 0.25) is 0 Å². The fourth-order valence-corrected chi connectivity index (χ4v) is 3.20. The Kier molecular flexibility index (Phi) is 4.90. The molecule has 16 heavy (non-hydrogen) atoms. The molecule has 0 atom stereocenters. The minimum Gasteiger partial charge on any atom is -0.468 e. The maximum Gasteiger partial charge on any atom is 0.113 e. The van der Waals surface area contributed by atoms with E-state index in [0.717, 1.165) is 23.0 Å². The third kappa shape index (κ3) is 3.99. The SMILES string of the molecule is c1ccc(SCCSCc2ccco2)cc1. The maximum atomic E-state index is 5.27. The van der Waals surface area contributed by atoms with E-state index in [-0.39, 0.29) is 0 Å². The van der Waals surface area contributed by atoms with Gasteiger partial charge in [0, 0.05) is 16.4 Å². The van der Waals surface area contributed by atoms with Crippen LogP contribution in [0.4, 0.5) is 0 Å². The highest BCUT2D eigenvalue weighted by Gasteiger charge is 1.96. The molecule has 0 fully saturated rings. The van der Waals surface area contributed by atoms with Crippen LogP contribution in [-0.2, 0) is 5.75 Å². The topological polar surface area (TPSA) is 13.1 Å². The molecule has 84 valence electrons. The molecule has 0 amide bonds. The van der Waals surface area contributed by atoms with Crippen LogP contribution in [0.5, 0.6) is 0 Å². The molecule has 2 rings (SSSR count). The van der Waals surface area contributed by atoms with Crippen molar-refractivity contribution in [1.29, 1.82) is 0 Å². The molecule has 1 heterocycles. The lowest BCUT2D eigenvalue weighted by Crippen LogP contribution is -1.85. The maximum absolute atomic E-state index is 5.27. The Balaban J connectivity index is 1.59. The van der Waals surface area contributed by atoms with Crippen LogP contribution in [0, 0.1) is 0 Å². The second kappa shape index (κ2) is 6.71. The molecule has 0 radical (unpaired) electrons. The molecule has 0 N–H and O–H groups in total. The second-order valence-corrected chi connectivity index (χ2v) is 5.57. The van der Waals surface area contributed by atoms with Gasteiger partial charge in [-0.05, 0) is 24.3 Å². The first-order valence-electron chi connectivity index (χ1n) is 5.23. The van der Waals surface area contributed by atoms with E-state index in [1.165, 1.54) is 4.90 Å². The van der Waals surface area contributed by atoms with Crippen LogP contribution in [0.25, 0.3) is 0 Å². The third-order valence-electron chi connectivity index (χ3n) is 2.06. The molecule has 2 aromatic rings. The zero-order chi connectivity index (χ0) is 11.1. The lowest BCUT2D eigenvalue weighted by molar-refractivity contribution is 0.530. The van der Waals surface area contributed by atoms with Gasteiger partial charge in [-0.2, -0.15) is 11.8 Å². The minimum absolute atomic E-state index is 0.975. The average molecular weight is 250 g/mol. The van der Waals surface area contributed by atoms with Crippen LogP contribution in [0.2, 0.25) is 0 Å². The number of thioether (sulfide) groups is 2. The summed E-state index contributed by atoms with van der Waals surface area (Å²) in [5.74, 6) is 4.34. The predicted octanol–water partition coefficient (Wildman–Crippen LogP) is 4.31. The summed E-state index contributed by atoms with van der Waals surface area (Å²) < 4.78 is 5.27. The molecule has 0 aliphatic heterocycles. The molecule has 1 nitrogen and oxygen atoms in total. The van der Waals surface area contributed by atoms with E-state index in [2.05, 4.69) is 30.3 Å². The van der Waals surface area contributed by atoms with Gasteiger partial charge < -0.3 is 4.42 Å². The molecule has 0 aliphatic carbocycles. The summed E-state index contributed by atoms with van der Waals surface area (Å²) in [6, 6.07) is 14.5. The fraction of sp³-hybridized carbons (Fsp3) is 0.231. The minimum atomic E-state index is 0.975. The van der Waals surface area contributed by atoms with Crippen LogP contribution in [0.3, 0.4) is 0 Å². The van der Waals surface area contributed by atoms with E-state index < -0.39 is 0 Å². The van der Waals surface area contributed by atoms with Gasteiger partial charge in [-0.3, -0.25) is 0 Å². The Morgan fingerprint density at radius 1 is 0.938 bits per heavy atom. The van der Waals surface area contributed by atoms with Crippen molar-refractivity contribution < 1.29 is 4.42 Å². The highest BCUT2D eigenvalue weighted by atomic mass is 32.2. The van der Waals surface area contributed by atoms with E-state index in [1.54, 1.807) is 6.26 Å². The van der Waals surface area contributed by atoms with Crippen LogP contribution < -0.4 is 0 Å². The molecule has 0 unspecified atom stereocenters. The van der Waals surface area contributed by atoms with Gasteiger partial charge in [-0.25, -0.2) is 0 Å². The van der Waals surface area contributed by atoms with Crippen LogP contribution in [-0.4, -0.2) is 11.5 Å². The zero-order valence-electron chi connectivity index (χ0n) is 8.96. The van der Waals surface area contributed by atoms with Crippen LogP contribution in [0.15, 0.2) is 58.0 Å². The highest BCUT2D eigenvalue weighted by Crippen LogP contribution is 2.20. The summed E-state index contributed by atoms with van der Waals surface area (Å²) in [7, 11) is 0. The van der Waals surface area contributed by atoms with Gasteiger partial charge in [0.1, 0.15) is 5.76 Å². The molecule has 3 heteroatoms. The van der Waals surface area contributed by atoms with Crippen molar-refractivity contribution in [3.05, 3.63) is 54.5 Å². The van der Waals surface area contributed by atoms with Crippen LogP contribution >= 0.6 is 23.5 Å². The van der Waals surface area contributed by atoms with Crippen molar-refractivity contribution in [2.24, 2.45) is 0 Å². The first-order valence-corrected chi connectivity index (χ1v) is 7.37. The van der Waals surface area contributed by atoms with Crippen molar-refractivity contribution >= 4 is 23.5 Å². The number of benzene rings is 1. The number of hydrogen-bond donors (Lipinski definition) is 0. The standard InChI is InChI=1S/C13H14OS2/c1-2-6-13(7-3-1)16-10-9-15-11-12-5-4-8-14-12/h1-8H,9-11H2. The van der Waals surface area contributed by atoms with Crippen molar-refractivity contribution in [3.8, 4) is 0 Å². The smallest absolute Gasteiger partial charge is 0.113 e. The Morgan fingerprint density at radius 2 is 1.81 bits per heavy atom. The Morgan fingerprint density at radius 3 is 2.56 bits per heavy atom. The first kappa shape index (κ1) is 11.7. The molecular formula is C13H14OS2. The van der Waals surface area contributed by atoms with Crippen molar-refractivity contribution in [2.75, 3.05) is 11.5 Å². The second-order valence-electron chi connectivity index (χ2n) is 3.29. The van der Waals surface area contributed by atoms with Gasteiger partial charge in [0.25, 0.3) is 0 Å². The molecule has 0 saturated carbocycles. The quantitative estimate of drug-likeness (QED) is 0.560. The predicted molar refractivity (Wildman–Crippen MR) is 72.0 cm³/mol. The Hall–Kier alpha value is -0.800. The van der Waals surface area contributed by atoms with E-state index in [0.29, 0.717) is 0 Å². The summed E-state index contributed by atoms with van der Waals surface area (Å²) in [6.07, 6.45) is 1.73. The lowest BCUT2D eigenvalue weighted by Gasteiger charge is -2.00. The Labute approximate surface area is 105 Å². The molecule has 1 aromatic heterocycles. The van der Waals surface area contributed by atoms with Crippen molar-refractivity contribution in [1.82, 2.24) is 0 Å². The summed E-state index contributed by atoms with van der Waals surface area (Å²) in [5, 5.41) is 0. The molecular weight excluding hydrogens is 236 g/mol. The summed E-state index contributed by atoms with van der Waals surface area (Å²) in [4.78, 5) is 1.35. The highest BCUT2D eigenvalue weighted by molar-refractivity contribution is 8.02. The summed E-state index contributed by atoms with van der Waals surface area (Å²) in [5.41, 5.74) is 0. The average Bonchev–Trinajstić information content (AvgIpc) is 2.83. The van der Waals surface area contributed by atoms with Gasteiger partial charge in [-0.15, -0.1) is 11.8 Å². The van der Waals surface area contributed by atoms with E-state index in [4.69, 9.17) is 4.42 Å². The van der Waals surface area contributed by atoms with Gasteiger partial charge in [-0.1, -0.05) is 18.2 Å². The number of hydrogen-bond acceptors (Lipinski definition) is 3. The summed E-state index contributed by atoms with van der Waals surface area (Å²) in [6.45, 7) is 0. The molecule has 0 spiro atoms. The summed E-state index contributed by atoms with van der Waals surface area (Å²) >= 11 is 3.82. The molecule has 1 aromatic carbocycles. The van der Waals surface area contributed by atoms with Crippen molar-refractivity contribution in [3.63, 3.8) is 0 Å². The number of rotatable bonds is 6. The number of furan rings is 1. The Bertz CT molecular complexity index is 384. The van der Waals surface area contributed by atoms with Gasteiger partial charge in [0.05, 0.1) is 12.0 Å². The molecule has 0 bridgehead atoms. The van der Waals surface area contributed by atoms with E-state index in [9.17, 15) is 0 Å². The molecule has 0 aliphatic rings. The van der Waals surface area contributed by atoms with Crippen LogP contribution in [0.1, 0.15) is 5.76 Å².